The van der Waals surface area contributed by atoms with Gasteiger partial charge in [0.1, 0.15) is 11.1 Å². The van der Waals surface area contributed by atoms with Gasteiger partial charge in [-0.3, -0.25) is 0 Å². The molecule has 0 spiro atoms. The third-order valence-electron chi connectivity index (χ3n) is 4.46. The van der Waals surface area contributed by atoms with E-state index < -0.39 is 0 Å². The fourth-order valence-electron chi connectivity index (χ4n) is 3.26. The summed E-state index contributed by atoms with van der Waals surface area (Å²) in [4.78, 5) is 9.28. The molecule has 0 saturated carbocycles. The number of nitrogens with zero attached hydrogens (tertiary/aromatic N) is 2. The van der Waals surface area contributed by atoms with Crippen molar-refractivity contribution in [3.05, 3.63) is 52.0 Å². The molecule has 2 heterocycles. The van der Waals surface area contributed by atoms with E-state index in [1.165, 1.54) is 29.7 Å². The highest BCUT2D eigenvalue weighted by Gasteiger charge is 2.19. The van der Waals surface area contributed by atoms with Crippen LogP contribution in [-0.2, 0) is 12.8 Å². The van der Waals surface area contributed by atoms with E-state index >= 15 is 0 Å². The maximum absolute atomic E-state index is 9.56. The van der Waals surface area contributed by atoms with Crippen LogP contribution in [0.2, 0.25) is 0 Å². The molecule has 4 rings (SSSR count). The van der Waals surface area contributed by atoms with E-state index in [0.717, 1.165) is 39.9 Å². The van der Waals surface area contributed by atoms with E-state index in [2.05, 4.69) is 28.2 Å². The minimum atomic E-state index is 0.794. The number of aliphatic imine (C=N–C) groups is 1. The van der Waals surface area contributed by atoms with Gasteiger partial charge in [-0.05, 0) is 37.3 Å². The van der Waals surface area contributed by atoms with Gasteiger partial charge < -0.3 is 4.98 Å². The molecule has 23 heavy (non-hydrogen) atoms. The number of rotatable bonds is 2. The highest BCUT2D eigenvalue weighted by atomic mass is 32.1. The lowest BCUT2D eigenvalue weighted by molar-refractivity contribution is 0.712. The first-order valence-corrected chi connectivity index (χ1v) is 8.83. The smallest absolute Gasteiger partial charge is 0.134 e. The van der Waals surface area contributed by atoms with Crippen molar-refractivity contribution in [2.24, 2.45) is 4.99 Å². The number of benzene rings is 1. The molecule has 1 N–H and O–H groups in total. The fourth-order valence-corrected chi connectivity index (χ4v) is 4.45. The predicted octanol–water partition coefficient (Wildman–Crippen LogP) is 5.12. The summed E-state index contributed by atoms with van der Waals surface area (Å²) in [6.45, 7) is 0. The first kappa shape index (κ1) is 14.2. The molecule has 0 bridgehead atoms. The zero-order valence-corrected chi connectivity index (χ0v) is 13.6. The number of nitrogens with one attached hydrogen (secondary N) is 1. The molecule has 1 aliphatic rings. The minimum Gasteiger partial charge on any atom is -0.361 e. The van der Waals surface area contributed by atoms with Crippen molar-refractivity contribution in [2.45, 2.75) is 32.1 Å². The molecule has 1 aliphatic carbocycles. The van der Waals surface area contributed by atoms with Gasteiger partial charge in [-0.15, -0.1) is 11.3 Å². The van der Waals surface area contributed by atoms with Crippen molar-refractivity contribution in [3.63, 3.8) is 0 Å². The molecular formula is C19H17N3S. The van der Waals surface area contributed by atoms with Gasteiger partial charge in [0.2, 0.25) is 0 Å². The van der Waals surface area contributed by atoms with Crippen LogP contribution in [0.4, 0.5) is 5.00 Å². The number of thiophene rings is 1. The van der Waals surface area contributed by atoms with E-state index in [1.54, 1.807) is 11.3 Å². The molecule has 3 aromatic rings. The van der Waals surface area contributed by atoms with Gasteiger partial charge in [0.25, 0.3) is 0 Å². The highest BCUT2D eigenvalue weighted by molar-refractivity contribution is 7.16. The van der Waals surface area contributed by atoms with E-state index in [-0.39, 0.29) is 0 Å². The Morgan fingerprint density at radius 3 is 2.96 bits per heavy atom. The van der Waals surface area contributed by atoms with Crippen LogP contribution >= 0.6 is 11.3 Å². The zero-order valence-electron chi connectivity index (χ0n) is 12.8. The van der Waals surface area contributed by atoms with Gasteiger partial charge in [0.05, 0.1) is 5.56 Å². The maximum Gasteiger partial charge on any atom is 0.134 e. The van der Waals surface area contributed by atoms with Crippen molar-refractivity contribution in [1.29, 1.82) is 5.26 Å². The number of aromatic amines is 1. The van der Waals surface area contributed by atoms with Gasteiger partial charge in [-0.25, -0.2) is 4.99 Å². The summed E-state index contributed by atoms with van der Waals surface area (Å²) < 4.78 is 0. The summed E-state index contributed by atoms with van der Waals surface area (Å²) in [7, 11) is 0. The average Bonchev–Trinajstić information content (AvgIpc) is 3.06. The Bertz CT molecular complexity index is 924. The molecule has 0 radical (unpaired) electrons. The van der Waals surface area contributed by atoms with Gasteiger partial charge in [-0.2, -0.15) is 5.26 Å². The van der Waals surface area contributed by atoms with Crippen LogP contribution < -0.4 is 0 Å². The van der Waals surface area contributed by atoms with Gasteiger partial charge >= 0.3 is 0 Å². The van der Waals surface area contributed by atoms with Crippen molar-refractivity contribution in [2.75, 3.05) is 0 Å². The first-order chi connectivity index (χ1) is 11.4. The first-order valence-electron chi connectivity index (χ1n) is 8.01. The summed E-state index contributed by atoms with van der Waals surface area (Å²) in [5, 5.41) is 11.6. The molecule has 0 unspecified atom stereocenters. The van der Waals surface area contributed by atoms with Crippen LogP contribution in [0.1, 0.15) is 40.8 Å². The van der Waals surface area contributed by atoms with Crippen LogP contribution in [0.5, 0.6) is 0 Å². The molecule has 2 aromatic heterocycles. The summed E-state index contributed by atoms with van der Waals surface area (Å²) in [6, 6.07) is 10.6. The van der Waals surface area contributed by atoms with Crippen LogP contribution in [0.15, 0.2) is 35.5 Å². The van der Waals surface area contributed by atoms with E-state index in [1.807, 2.05) is 24.5 Å². The predicted molar refractivity (Wildman–Crippen MR) is 95.8 cm³/mol. The maximum atomic E-state index is 9.56. The topological polar surface area (TPSA) is 51.9 Å². The van der Waals surface area contributed by atoms with E-state index in [9.17, 15) is 5.26 Å². The molecule has 0 fully saturated rings. The van der Waals surface area contributed by atoms with Gasteiger partial charge in [-0.1, -0.05) is 24.6 Å². The molecule has 0 amide bonds. The Labute approximate surface area is 139 Å². The quantitative estimate of drug-likeness (QED) is 0.517. The van der Waals surface area contributed by atoms with Crippen LogP contribution in [0.25, 0.3) is 10.9 Å². The minimum absolute atomic E-state index is 0.794. The molecule has 0 saturated heterocycles. The number of fused-ring (bicyclic) bond motifs is 2. The molecule has 3 nitrogen and oxygen atoms in total. The lowest BCUT2D eigenvalue weighted by Crippen LogP contribution is -1.87. The third-order valence-corrected chi connectivity index (χ3v) is 5.66. The number of hydrogen-bond donors (Lipinski definition) is 1. The Balaban J connectivity index is 1.73. The Hall–Kier alpha value is -2.38. The van der Waals surface area contributed by atoms with Crippen molar-refractivity contribution < 1.29 is 0 Å². The molecule has 4 heteroatoms. The standard InChI is InChI=1S/C19H17N3S/c20-10-16-15-7-2-1-3-9-18(15)23-19(16)22-12-13-11-21-17-8-5-4-6-14(13)17/h4-6,8,11-12,21H,1-3,7,9H2. The second kappa shape index (κ2) is 6.02. The van der Waals surface area contributed by atoms with Gasteiger partial charge in [0, 0.05) is 33.8 Å². The number of para-hydroxylation sites is 1. The second-order valence-corrected chi connectivity index (χ2v) is 6.99. The summed E-state index contributed by atoms with van der Waals surface area (Å²) >= 11 is 1.70. The molecule has 1 aromatic carbocycles. The Morgan fingerprint density at radius 2 is 2.04 bits per heavy atom. The number of aromatic nitrogens is 1. The highest BCUT2D eigenvalue weighted by Crippen LogP contribution is 2.38. The molecule has 0 aliphatic heterocycles. The summed E-state index contributed by atoms with van der Waals surface area (Å²) in [5.41, 5.74) is 4.22. The second-order valence-electron chi connectivity index (χ2n) is 5.90. The zero-order chi connectivity index (χ0) is 15.6. The molecule has 114 valence electrons. The lowest BCUT2D eigenvalue weighted by atomic mass is 10.1. The summed E-state index contributed by atoms with van der Waals surface area (Å²) in [6.07, 6.45) is 9.65. The Morgan fingerprint density at radius 1 is 1.17 bits per heavy atom. The van der Waals surface area contributed by atoms with Crippen LogP contribution in [0, 0.1) is 11.3 Å². The monoisotopic (exact) mass is 319 g/mol. The summed E-state index contributed by atoms with van der Waals surface area (Å²) in [5.74, 6) is 0. The third kappa shape index (κ3) is 2.58. The van der Waals surface area contributed by atoms with E-state index in [0.29, 0.717) is 0 Å². The number of H-pyrrole nitrogens is 1. The van der Waals surface area contributed by atoms with Gasteiger partial charge in [0.15, 0.2) is 0 Å². The average molecular weight is 319 g/mol. The SMILES string of the molecule is N#Cc1c(N=Cc2c[nH]c3ccccc23)sc2c1CCCCC2. The van der Waals surface area contributed by atoms with Crippen LogP contribution in [-0.4, -0.2) is 11.2 Å². The Kier molecular flexibility index (Phi) is 3.72. The van der Waals surface area contributed by atoms with E-state index in [4.69, 9.17) is 0 Å². The van der Waals surface area contributed by atoms with Crippen molar-refractivity contribution >= 4 is 33.5 Å². The number of hydrogen-bond acceptors (Lipinski definition) is 3. The molecule has 0 atom stereocenters. The van der Waals surface area contributed by atoms with Crippen molar-refractivity contribution in [1.82, 2.24) is 4.98 Å². The van der Waals surface area contributed by atoms with Crippen molar-refractivity contribution in [3.8, 4) is 6.07 Å². The normalized spacial score (nSPS) is 14.7. The van der Waals surface area contributed by atoms with Crippen LogP contribution in [0.3, 0.4) is 0 Å². The lowest BCUT2D eigenvalue weighted by Gasteiger charge is -1.96. The largest absolute Gasteiger partial charge is 0.361 e. The number of nitriles is 1. The number of aryl methyl sites for hydroxylation is 1. The fraction of sp³-hybridized carbons (Fsp3) is 0.263. The molecular weight excluding hydrogens is 302 g/mol.